The zero-order chi connectivity index (χ0) is 12.3. The largest absolute Gasteiger partial charge is 0.481 e. The first-order chi connectivity index (χ1) is 7.30. The molecule has 5 heteroatoms. The molecule has 1 aliphatic carbocycles. The maximum absolute atomic E-state index is 11.8. The maximum atomic E-state index is 11.8. The Hall–Kier alpha value is -1.10. The highest BCUT2D eigenvalue weighted by molar-refractivity contribution is 5.80. The zero-order valence-electron chi connectivity index (χ0n) is 9.82. The molecule has 0 bridgehead atoms. The topological polar surface area (TPSA) is 92.4 Å². The molecule has 1 aliphatic rings. The standard InChI is InChI=1S/C11H20N2O3/c1-11(2,6-9(14)15)13-10(16)7-3-4-8(12)5-7/h7-8H,3-6,12H2,1-2H3,(H,13,16)(H,14,15). The van der Waals surface area contributed by atoms with Crippen molar-refractivity contribution in [1.29, 1.82) is 0 Å². The number of carbonyl (C=O) groups is 2. The minimum absolute atomic E-state index is 0.0527. The third-order valence-electron chi connectivity index (χ3n) is 2.90. The van der Waals surface area contributed by atoms with Crippen LogP contribution in [0.3, 0.4) is 0 Å². The lowest BCUT2D eigenvalue weighted by atomic mass is 9.98. The molecule has 0 aromatic heterocycles. The highest BCUT2D eigenvalue weighted by Gasteiger charge is 2.31. The lowest BCUT2D eigenvalue weighted by Gasteiger charge is -2.26. The van der Waals surface area contributed by atoms with Gasteiger partial charge in [0.15, 0.2) is 0 Å². The first-order valence-corrected chi connectivity index (χ1v) is 5.59. The van der Waals surface area contributed by atoms with Gasteiger partial charge in [-0.15, -0.1) is 0 Å². The van der Waals surface area contributed by atoms with Crippen LogP contribution >= 0.6 is 0 Å². The van der Waals surface area contributed by atoms with Gasteiger partial charge in [0.1, 0.15) is 0 Å². The van der Waals surface area contributed by atoms with E-state index in [1.54, 1.807) is 13.8 Å². The number of carbonyl (C=O) groups excluding carboxylic acids is 1. The van der Waals surface area contributed by atoms with Gasteiger partial charge in [0.25, 0.3) is 0 Å². The van der Waals surface area contributed by atoms with Crippen LogP contribution in [-0.4, -0.2) is 28.6 Å². The summed E-state index contributed by atoms with van der Waals surface area (Å²) in [6.07, 6.45) is 2.31. The second-order valence-electron chi connectivity index (χ2n) is 5.21. The fourth-order valence-corrected chi connectivity index (χ4v) is 2.11. The first-order valence-electron chi connectivity index (χ1n) is 5.59. The first kappa shape index (κ1) is 13.0. The summed E-state index contributed by atoms with van der Waals surface area (Å²) in [6, 6.07) is 0.110. The Morgan fingerprint density at radius 3 is 2.50 bits per heavy atom. The number of rotatable bonds is 4. The van der Waals surface area contributed by atoms with E-state index < -0.39 is 11.5 Å². The third kappa shape index (κ3) is 3.81. The quantitative estimate of drug-likeness (QED) is 0.652. The van der Waals surface area contributed by atoms with E-state index in [1.165, 1.54) is 0 Å². The van der Waals surface area contributed by atoms with Crippen molar-refractivity contribution in [3.63, 3.8) is 0 Å². The Bertz CT molecular complexity index is 289. The van der Waals surface area contributed by atoms with E-state index in [-0.39, 0.29) is 24.3 Å². The van der Waals surface area contributed by atoms with E-state index in [2.05, 4.69) is 5.32 Å². The molecular weight excluding hydrogens is 208 g/mol. The average Bonchev–Trinajstić information content (AvgIpc) is 2.47. The van der Waals surface area contributed by atoms with Crippen molar-refractivity contribution in [2.45, 2.75) is 51.1 Å². The number of hydrogen-bond donors (Lipinski definition) is 3. The van der Waals surface area contributed by atoms with Crippen molar-refractivity contribution >= 4 is 11.9 Å². The predicted molar refractivity (Wildman–Crippen MR) is 59.8 cm³/mol. The fraction of sp³-hybridized carbons (Fsp3) is 0.818. The summed E-state index contributed by atoms with van der Waals surface area (Å²) in [6.45, 7) is 3.43. The number of carboxylic acids is 1. The molecule has 0 heterocycles. The van der Waals surface area contributed by atoms with Crippen LogP contribution in [0.4, 0.5) is 0 Å². The summed E-state index contributed by atoms with van der Waals surface area (Å²) < 4.78 is 0. The molecule has 1 fully saturated rings. The number of nitrogens with one attached hydrogen (secondary N) is 1. The van der Waals surface area contributed by atoms with Crippen molar-refractivity contribution in [3.05, 3.63) is 0 Å². The molecule has 5 nitrogen and oxygen atoms in total. The Morgan fingerprint density at radius 2 is 2.06 bits per heavy atom. The summed E-state index contributed by atoms with van der Waals surface area (Å²) in [4.78, 5) is 22.4. The molecule has 0 aromatic rings. The number of nitrogens with two attached hydrogens (primary N) is 1. The van der Waals surface area contributed by atoms with Crippen LogP contribution in [0.2, 0.25) is 0 Å². The summed E-state index contributed by atoms with van der Waals surface area (Å²) in [5.41, 5.74) is 5.03. The second-order valence-corrected chi connectivity index (χ2v) is 5.21. The zero-order valence-corrected chi connectivity index (χ0v) is 9.82. The van der Waals surface area contributed by atoms with Gasteiger partial charge < -0.3 is 16.2 Å². The third-order valence-corrected chi connectivity index (χ3v) is 2.90. The van der Waals surface area contributed by atoms with Crippen molar-refractivity contribution in [3.8, 4) is 0 Å². The van der Waals surface area contributed by atoms with Gasteiger partial charge in [0, 0.05) is 17.5 Å². The molecule has 16 heavy (non-hydrogen) atoms. The van der Waals surface area contributed by atoms with Crippen LogP contribution in [0, 0.1) is 5.92 Å². The molecule has 0 aliphatic heterocycles. The van der Waals surface area contributed by atoms with E-state index in [0.29, 0.717) is 6.42 Å². The van der Waals surface area contributed by atoms with Gasteiger partial charge in [-0.25, -0.2) is 0 Å². The Morgan fingerprint density at radius 1 is 1.44 bits per heavy atom. The smallest absolute Gasteiger partial charge is 0.305 e. The minimum atomic E-state index is -0.909. The maximum Gasteiger partial charge on any atom is 0.305 e. The van der Waals surface area contributed by atoms with Gasteiger partial charge in [0.05, 0.1) is 6.42 Å². The molecule has 0 radical (unpaired) electrons. The minimum Gasteiger partial charge on any atom is -0.481 e. The van der Waals surface area contributed by atoms with E-state index in [9.17, 15) is 9.59 Å². The molecule has 2 atom stereocenters. The van der Waals surface area contributed by atoms with Gasteiger partial charge >= 0.3 is 5.97 Å². The number of amides is 1. The van der Waals surface area contributed by atoms with Crippen LogP contribution in [0.5, 0.6) is 0 Å². The molecule has 0 spiro atoms. The molecule has 1 rings (SSSR count). The molecular formula is C11H20N2O3. The summed E-state index contributed by atoms with van der Waals surface area (Å²) in [5.74, 6) is -1.03. The number of hydrogen-bond acceptors (Lipinski definition) is 3. The molecule has 92 valence electrons. The summed E-state index contributed by atoms with van der Waals surface area (Å²) in [7, 11) is 0. The predicted octanol–water partition coefficient (Wildman–Crippen LogP) is 0.483. The van der Waals surface area contributed by atoms with Gasteiger partial charge in [-0.05, 0) is 33.1 Å². The van der Waals surface area contributed by atoms with E-state index in [1.807, 2.05) is 0 Å². The lowest BCUT2D eigenvalue weighted by molar-refractivity contribution is -0.138. The van der Waals surface area contributed by atoms with Crippen LogP contribution in [0.25, 0.3) is 0 Å². The number of carboxylic acid groups (broad SMARTS) is 1. The van der Waals surface area contributed by atoms with Crippen molar-refractivity contribution in [1.82, 2.24) is 5.32 Å². The van der Waals surface area contributed by atoms with Gasteiger partial charge in [-0.1, -0.05) is 0 Å². The summed E-state index contributed by atoms with van der Waals surface area (Å²) >= 11 is 0. The van der Waals surface area contributed by atoms with E-state index in [0.717, 1.165) is 12.8 Å². The molecule has 0 aromatic carbocycles. The van der Waals surface area contributed by atoms with Crippen molar-refractivity contribution < 1.29 is 14.7 Å². The molecule has 1 amide bonds. The van der Waals surface area contributed by atoms with Crippen molar-refractivity contribution in [2.24, 2.45) is 11.7 Å². The molecule has 2 unspecified atom stereocenters. The number of aliphatic carboxylic acids is 1. The SMILES string of the molecule is CC(C)(CC(=O)O)NC(=O)C1CCC(N)C1. The average molecular weight is 228 g/mol. The normalized spacial score (nSPS) is 25.4. The van der Waals surface area contributed by atoms with E-state index in [4.69, 9.17) is 10.8 Å². The summed E-state index contributed by atoms with van der Waals surface area (Å²) in [5, 5.41) is 11.5. The van der Waals surface area contributed by atoms with E-state index >= 15 is 0 Å². The van der Waals surface area contributed by atoms with Gasteiger partial charge in [-0.2, -0.15) is 0 Å². The van der Waals surface area contributed by atoms with Gasteiger partial charge in [-0.3, -0.25) is 9.59 Å². The van der Waals surface area contributed by atoms with Crippen molar-refractivity contribution in [2.75, 3.05) is 0 Å². The fourth-order valence-electron chi connectivity index (χ4n) is 2.11. The van der Waals surface area contributed by atoms with Crippen LogP contribution in [-0.2, 0) is 9.59 Å². The Kier molecular flexibility index (Phi) is 3.91. The Labute approximate surface area is 95.4 Å². The monoisotopic (exact) mass is 228 g/mol. The molecule has 1 saturated carbocycles. The van der Waals surface area contributed by atoms with Crippen LogP contribution < -0.4 is 11.1 Å². The molecule has 0 saturated heterocycles. The lowest BCUT2D eigenvalue weighted by Crippen LogP contribution is -2.47. The van der Waals surface area contributed by atoms with Crippen LogP contribution in [0.1, 0.15) is 39.5 Å². The second kappa shape index (κ2) is 4.82. The highest BCUT2D eigenvalue weighted by Crippen LogP contribution is 2.25. The Balaban J connectivity index is 2.47. The van der Waals surface area contributed by atoms with Gasteiger partial charge in [0.2, 0.25) is 5.91 Å². The highest BCUT2D eigenvalue weighted by atomic mass is 16.4. The molecule has 4 N–H and O–H groups in total. The van der Waals surface area contributed by atoms with Crippen LogP contribution in [0.15, 0.2) is 0 Å².